The van der Waals surface area contributed by atoms with E-state index >= 15 is 0 Å². The van der Waals surface area contributed by atoms with Gasteiger partial charge in [-0.3, -0.25) is 9.69 Å². The zero-order valence-electron chi connectivity index (χ0n) is 12.3. The molecule has 2 aliphatic rings. The van der Waals surface area contributed by atoms with Gasteiger partial charge < -0.3 is 10.5 Å². The molecule has 1 aliphatic carbocycles. The maximum Gasteiger partial charge on any atom is 0.247 e. The van der Waals surface area contributed by atoms with E-state index in [1.165, 1.54) is 18.4 Å². The number of hydrogen-bond acceptors (Lipinski definition) is 3. The Morgan fingerprint density at radius 1 is 1.47 bits per heavy atom. The highest BCUT2D eigenvalue weighted by molar-refractivity contribution is 5.79. The number of carbonyl (C=O) groups excluding carboxylic acids is 1. The first-order valence-electron chi connectivity index (χ1n) is 7.31. The van der Waals surface area contributed by atoms with Crippen LogP contribution in [0.3, 0.4) is 0 Å². The Morgan fingerprint density at radius 3 is 2.84 bits per heavy atom. The zero-order valence-corrected chi connectivity index (χ0v) is 12.3. The van der Waals surface area contributed by atoms with Crippen LogP contribution in [0.15, 0.2) is 11.6 Å². The summed E-state index contributed by atoms with van der Waals surface area (Å²) in [4.78, 5) is 13.7. The molecule has 1 amide bonds. The van der Waals surface area contributed by atoms with Gasteiger partial charge in [-0.05, 0) is 38.5 Å². The van der Waals surface area contributed by atoms with Crippen molar-refractivity contribution in [1.82, 2.24) is 4.90 Å². The summed E-state index contributed by atoms with van der Waals surface area (Å²) in [6.07, 6.45) is 4.45. The maximum absolute atomic E-state index is 11.3. The summed E-state index contributed by atoms with van der Waals surface area (Å²) in [5, 5.41) is 0. The number of nitrogens with zero attached hydrogens (tertiary/aromatic N) is 1. The highest BCUT2D eigenvalue weighted by atomic mass is 16.5. The molecule has 0 bridgehead atoms. The molecule has 2 N–H and O–H groups in total. The molecule has 0 spiro atoms. The Labute approximate surface area is 116 Å². The van der Waals surface area contributed by atoms with E-state index in [1.54, 1.807) is 0 Å². The van der Waals surface area contributed by atoms with Gasteiger partial charge in [-0.25, -0.2) is 0 Å². The van der Waals surface area contributed by atoms with Crippen LogP contribution in [0.4, 0.5) is 0 Å². The fourth-order valence-corrected chi connectivity index (χ4v) is 3.32. The number of hydrogen-bond donors (Lipinski definition) is 1. The number of rotatable bonds is 3. The molecule has 4 heteroatoms. The molecule has 0 unspecified atom stereocenters. The van der Waals surface area contributed by atoms with Crippen LogP contribution in [0.2, 0.25) is 0 Å². The van der Waals surface area contributed by atoms with Crippen molar-refractivity contribution in [3.05, 3.63) is 11.6 Å². The van der Waals surface area contributed by atoms with Crippen LogP contribution >= 0.6 is 0 Å². The van der Waals surface area contributed by atoms with E-state index < -0.39 is 6.10 Å². The van der Waals surface area contributed by atoms with Crippen molar-refractivity contribution in [2.24, 2.45) is 17.6 Å². The van der Waals surface area contributed by atoms with E-state index in [2.05, 4.69) is 24.8 Å². The molecular formula is C15H26N2O2. The Balaban J connectivity index is 1.99. The van der Waals surface area contributed by atoms with Gasteiger partial charge in [0.05, 0.1) is 6.10 Å². The third-order valence-corrected chi connectivity index (χ3v) is 4.47. The number of carbonyl (C=O) groups is 1. The van der Waals surface area contributed by atoms with Crippen LogP contribution in [0.25, 0.3) is 0 Å². The van der Waals surface area contributed by atoms with Gasteiger partial charge in [-0.15, -0.1) is 0 Å². The fraction of sp³-hybridized carbons (Fsp3) is 0.800. The normalized spacial score (nSPS) is 36.9. The Morgan fingerprint density at radius 2 is 2.21 bits per heavy atom. The second-order valence-electron chi connectivity index (χ2n) is 6.17. The summed E-state index contributed by atoms with van der Waals surface area (Å²) < 4.78 is 5.59. The van der Waals surface area contributed by atoms with Gasteiger partial charge in [-0.2, -0.15) is 0 Å². The van der Waals surface area contributed by atoms with Gasteiger partial charge in [0.2, 0.25) is 5.91 Å². The first kappa shape index (κ1) is 14.5. The van der Waals surface area contributed by atoms with Crippen LogP contribution in [-0.2, 0) is 9.53 Å². The number of morpholine rings is 1. The van der Waals surface area contributed by atoms with Gasteiger partial charge in [0.15, 0.2) is 0 Å². The summed E-state index contributed by atoms with van der Waals surface area (Å²) in [6, 6.07) is 0. The van der Waals surface area contributed by atoms with E-state index in [1.807, 2.05) is 6.92 Å². The molecule has 0 radical (unpaired) electrons. The molecule has 0 aromatic heterocycles. The molecule has 4 nitrogen and oxygen atoms in total. The standard InChI is InChI=1S/C15H26N2O2/c1-10-5-4-6-11(2)13(10)8-17-7-12(3)19-14(9-17)15(16)18/h5,11-14H,4,6-9H2,1-3H3,(H2,16,18)/t11-,12+,13-,14-/m0/s1. The minimum absolute atomic E-state index is 0.0782. The minimum Gasteiger partial charge on any atom is -0.367 e. The summed E-state index contributed by atoms with van der Waals surface area (Å²) in [6.45, 7) is 9.11. The first-order valence-corrected chi connectivity index (χ1v) is 7.31. The van der Waals surface area contributed by atoms with Gasteiger partial charge in [0.1, 0.15) is 6.10 Å². The Bertz CT molecular complexity index is 367. The van der Waals surface area contributed by atoms with Crippen LogP contribution in [0.1, 0.15) is 33.6 Å². The van der Waals surface area contributed by atoms with E-state index in [0.29, 0.717) is 12.5 Å². The van der Waals surface area contributed by atoms with Crippen LogP contribution < -0.4 is 5.73 Å². The largest absolute Gasteiger partial charge is 0.367 e. The van der Waals surface area contributed by atoms with Crippen molar-refractivity contribution in [3.63, 3.8) is 0 Å². The average Bonchev–Trinajstić information content (AvgIpc) is 2.33. The molecule has 0 aromatic rings. The molecule has 1 heterocycles. The second-order valence-corrected chi connectivity index (χ2v) is 6.17. The van der Waals surface area contributed by atoms with E-state index in [4.69, 9.17) is 10.5 Å². The van der Waals surface area contributed by atoms with Gasteiger partial charge in [0, 0.05) is 19.6 Å². The first-order chi connectivity index (χ1) is 8.97. The van der Waals surface area contributed by atoms with Crippen molar-refractivity contribution in [2.75, 3.05) is 19.6 Å². The third kappa shape index (κ3) is 3.57. The van der Waals surface area contributed by atoms with Gasteiger partial charge in [-0.1, -0.05) is 18.6 Å². The topological polar surface area (TPSA) is 55.6 Å². The minimum atomic E-state index is -0.452. The monoisotopic (exact) mass is 266 g/mol. The number of primary amides is 1. The molecule has 0 aromatic carbocycles. The van der Waals surface area contributed by atoms with E-state index in [-0.39, 0.29) is 12.0 Å². The molecule has 2 rings (SSSR count). The van der Waals surface area contributed by atoms with E-state index in [0.717, 1.165) is 19.0 Å². The predicted octanol–water partition coefficient (Wildman–Crippen LogP) is 1.55. The lowest BCUT2D eigenvalue weighted by molar-refractivity contribution is -0.142. The van der Waals surface area contributed by atoms with Crippen molar-refractivity contribution in [1.29, 1.82) is 0 Å². The van der Waals surface area contributed by atoms with Crippen LogP contribution in [0.5, 0.6) is 0 Å². The predicted molar refractivity (Wildman–Crippen MR) is 75.6 cm³/mol. The SMILES string of the molecule is CC1=CCC[C@H](C)[C@H]1CN1C[C@@H](C)O[C@H](C(N)=O)C1. The highest BCUT2D eigenvalue weighted by Gasteiger charge is 2.32. The summed E-state index contributed by atoms with van der Waals surface area (Å²) in [5.74, 6) is 0.975. The second kappa shape index (κ2) is 6.06. The maximum atomic E-state index is 11.3. The van der Waals surface area contributed by atoms with Crippen molar-refractivity contribution in [3.8, 4) is 0 Å². The fourth-order valence-electron chi connectivity index (χ4n) is 3.32. The number of nitrogens with two attached hydrogens (primary N) is 1. The molecule has 19 heavy (non-hydrogen) atoms. The smallest absolute Gasteiger partial charge is 0.247 e. The Kier molecular flexibility index (Phi) is 4.63. The Hall–Kier alpha value is -0.870. The number of ether oxygens (including phenoxy) is 1. The number of allylic oxidation sites excluding steroid dienone is 1. The van der Waals surface area contributed by atoms with Gasteiger partial charge in [0.25, 0.3) is 0 Å². The zero-order chi connectivity index (χ0) is 14.0. The summed E-state index contributed by atoms with van der Waals surface area (Å²) >= 11 is 0. The van der Waals surface area contributed by atoms with Crippen LogP contribution in [-0.4, -0.2) is 42.6 Å². The summed E-state index contributed by atoms with van der Waals surface area (Å²) in [5.41, 5.74) is 6.87. The molecule has 108 valence electrons. The van der Waals surface area contributed by atoms with E-state index in [9.17, 15) is 4.79 Å². The lowest BCUT2D eigenvalue weighted by Gasteiger charge is -2.39. The van der Waals surface area contributed by atoms with Crippen molar-refractivity contribution in [2.45, 2.75) is 45.8 Å². The lowest BCUT2D eigenvalue weighted by atomic mass is 9.79. The van der Waals surface area contributed by atoms with Gasteiger partial charge >= 0.3 is 0 Å². The third-order valence-electron chi connectivity index (χ3n) is 4.47. The van der Waals surface area contributed by atoms with Crippen molar-refractivity contribution < 1.29 is 9.53 Å². The quantitative estimate of drug-likeness (QED) is 0.789. The van der Waals surface area contributed by atoms with Crippen LogP contribution in [0, 0.1) is 11.8 Å². The molecular weight excluding hydrogens is 240 g/mol. The molecule has 1 saturated heterocycles. The molecule has 1 aliphatic heterocycles. The molecule has 0 saturated carbocycles. The summed E-state index contributed by atoms with van der Waals surface area (Å²) in [7, 11) is 0. The number of amides is 1. The molecule has 4 atom stereocenters. The molecule has 1 fully saturated rings. The highest BCUT2D eigenvalue weighted by Crippen LogP contribution is 2.31. The lowest BCUT2D eigenvalue weighted by Crippen LogP contribution is -2.53. The average molecular weight is 266 g/mol. The van der Waals surface area contributed by atoms with Crippen molar-refractivity contribution >= 4 is 5.91 Å².